The molecule has 2 aliphatic rings. The minimum atomic E-state index is -4.57. The van der Waals surface area contributed by atoms with E-state index < -0.39 is 23.5 Å². The van der Waals surface area contributed by atoms with Gasteiger partial charge in [0.25, 0.3) is 0 Å². The summed E-state index contributed by atoms with van der Waals surface area (Å²) in [5, 5.41) is 10.3. The number of rotatable bonds is 3. The zero-order valence-corrected chi connectivity index (χ0v) is 16.2. The Kier molecular flexibility index (Phi) is 6.30. The Morgan fingerprint density at radius 1 is 1.21 bits per heavy atom. The molecule has 0 aliphatic carbocycles. The first-order valence-corrected chi connectivity index (χ1v) is 9.25. The van der Waals surface area contributed by atoms with Crippen LogP contribution in [0.15, 0.2) is 18.2 Å². The number of nitrogens with zero attached hydrogens (tertiary/aromatic N) is 2. The molecule has 10 heteroatoms. The van der Waals surface area contributed by atoms with Gasteiger partial charge in [0.1, 0.15) is 17.7 Å². The zero-order valence-electron chi connectivity index (χ0n) is 15.4. The number of piperidine rings is 1. The minimum Gasteiger partial charge on any atom is -0.296 e. The van der Waals surface area contributed by atoms with E-state index in [1.165, 1.54) is 0 Å². The number of likely N-dealkylation sites (tertiary alicyclic amines) is 1. The summed E-state index contributed by atoms with van der Waals surface area (Å²) < 4.78 is 54.3. The van der Waals surface area contributed by atoms with Gasteiger partial charge in [-0.15, -0.1) is 12.4 Å². The number of fused-ring (bicyclic) bond motifs is 1. The van der Waals surface area contributed by atoms with Gasteiger partial charge in [0.05, 0.1) is 11.3 Å². The van der Waals surface area contributed by atoms with Crippen molar-refractivity contribution < 1.29 is 22.4 Å². The largest absolute Gasteiger partial charge is 0.416 e. The fourth-order valence-electron chi connectivity index (χ4n) is 4.37. The zero-order chi connectivity index (χ0) is 19.9. The van der Waals surface area contributed by atoms with E-state index in [9.17, 15) is 22.4 Å². The summed E-state index contributed by atoms with van der Waals surface area (Å²) in [5.41, 5.74) is 1.01. The monoisotopic (exact) mass is 432 g/mol. The summed E-state index contributed by atoms with van der Waals surface area (Å²) in [5.74, 6) is -1.28. The predicted molar refractivity (Wildman–Crippen MR) is 101 cm³/mol. The van der Waals surface area contributed by atoms with Crippen molar-refractivity contribution in [1.82, 2.24) is 20.4 Å². The first-order valence-electron chi connectivity index (χ1n) is 9.25. The first-order chi connectivity index (χ1) is 13.4. The smallest absolute Gasteiger partial charge is 0.296 e. The molecule has 2 N–H and O–H groups in total. The maximum atomic E-state index is 14.3. The second kappa shape index (κ2) is 8.41. The van der Waals surface area contributed by atoms with Crippen molar-refractivity contribution in [3.05, 3.63) is 52.1 Å². The molecule has 0 amide bonds. The predicted octanol–water partition coefficient (Wildman–Crippen LogP) is 3.83. The van der Waals surface area contributed by atoms with Crippen LogP contribution in [-0.2, 0) is 12.6 Å². The van der Waals surface area contributed by atoms with E-state index in [1.807, 2.05) is 0 Å². The molecule has 5 nitrogen and oxygen atoms in total. The van der Waals surface area contributed by atoms with Gasteiger partial charge in [0.2, 0.25) is 0 Å². The Labute approximate surface area is 171 Å². The molecule has 0 bridgehead atoms. The number of carbonyl (C=O) groups is 1. The van der Waals surface area contributed by atoms with Crippen molar-refractivity contribution >= 4 is 18.7 Å². The standard InChI is InChI=1S/C19H20F4N4O.ClH/c20-14-3-1-2-13(19(21,22)23)16(14)11-5-8-27(9-6-11)18-17-12(4-7-24-18)15(10-28)25-26-17;/h1-3,10-11,18,24H,4-9H2,(H,25,26);1H. The van der Waals surface area contributed by atoms with Gasteiger partial charge < -0.3 is 0 Å². The molecule has 29 heavy (non-hydrogen) atoms. The normalized spacial score (nSPS) is 20.8. The topological polar surface area (TPSA) is 61.0 Å². The number of hydrogen-bond acceptors (Lipinski definition) is 4. The van der Waals surface area contributed by atoms with Gasteiger partial charge in [-0.2, -0.15) is 18.3 Å². The Balaban J connectivity index is 0.00000240. The van der Waals surface area contributed by atoms with E-state index in [4.69, 9.17) is 0 Å². The number of benzene rings is 1. The molecule has 4 rings (SSSR count). The fourth-order valence-corrected chi connectivity index (χ4v) is 4.37. The number of hydrogen-bond donors (Lipinski definition) is 2. The van der Waals surface area contributed by atoms with Crippen LogP contribution < -0.4 is 5.32 Å². The highest BCUT2D eigenvalue weighted by Gasteiger charge is 2.39. The minimum absolute atomic E-state index is 0. The van der Waals surface area contributed by atoms with Crippen LogP contribution in [-0.4, -0.2) is 41.0 Å². The molecule has 0 spiro atoms. The molecule has 2 aromatic rings. The number of H-pyrrole nitrogens is 1. The van der Waals surface area contributed by atoms with Crippen LogP contribution in [0, 0.1) is 5.82 Å². The van der Waals surface area contributed by atoms with Crippen LogP contribution in [0.3, 0.4) is 0 Å². The number of carbonyl (C=O) groups excluding carboxylic acids is 1. The van der Waals surface area contributed by atoms with Crippen molar-refractivity contribution in [3.8, 4) is 0 Å². The summed E-state index contributed by atoms with van der Waals surface area (Å²) in [6, 6.07) is 3.15. The maximum absolute atomic E-state index is 14.3. The summed E-state index contributed by atoms with van der Waals surface area (Å²) in [7, 11) is 0. The summed E-state index contributed by atoms with van der Waals surface area (Å²) in [6.07, 6.45) is -2.49. The molecule has 1 aromatic carbocycles. The quantitative estimate of drug-likeness (QED) is 0.571. The van der Waals surface area contributed by atoms with Crippen LogP contribution in [0.1, 0.15) is 57.8 Å². The Morgan fingerprint density at radius 3 is 2.59 bits per heavy atom. The Morgan fingerprint density at radius 2 is 1.93 bits per heavy atom. The van der Waals surface area contributed by atoms with Crippen LogP contribution >= 0.6 is 12.4 Å². The van der Waals surface area contributed by atoms with Gasteiger partial charge in [-0.05, 0) is 37.3 Å². The van der Waals surface area contributed by atoms with Crippen molar-refractivity contribution in [2.24, 2.45) is 0 Å². The van der Waals surface area contributed by atoms with Crippen molar-refractivity contribution in [3.63, 3.8) is 0 Å². The van der Waals surface area contributed by atoms with E-state index >= 15 is 0 Å². The van der Waals surface area contributed by atoms with Crippen molar-refractivity contribution in [2.45, 2.75) is 37.5 Å². The number of aldehydes is 1. The lowest BCUT2D eigenvalue weighted by atomic mass is 9.85. The van der Waals surface area contributed by atoms with Crippen LogP contribution in [0.25, 0.3) is 0 Å². The molecule has 3 heterocycles. The lowest BCUT2D eigenvalue weighted by Crippen LogP contribution is -2.46. The highest BCUT2D eigenvalue weighted by molar-refractivity contribution is 5.85. The van der Waals surface area contributed by atoms with E-state index in [2.05, 4.69) is 20.4 Å². The molecular formula is C19H21ClF4N4O. The number of alkyl halides is 3. The highest BCUT2D eigenvalue weighted by Crippen LogP contribution is 2.41. The summed E-state index contributed by atoms with van der Waals surface area (Å²) >= 11 is 0. The van der Waals surface area contributed by atoms with Crippen molar-refractivity contribution in [1.29, 1.82) is 0 Å². The van der Waals surface area contributed by atoms with Crippen LogP contribution in [0.4, 0.5) is 17.6 Å². The molecule has 158 valence electrons. The summed E-state index contributed by atoms with van der Waals surface area (Å²) in [4.78, 5) is 13.2. The third kappa shape index (κ3) is 4.04. The second-order valence-electron chi connectivity index (χ2n) is 7.23. The molecule has 1 fully saturated rings. The molecule has 0 radical (unpaired) electrons. The average molecular weight is 433 g/mol. The van der Waals surface area contributed by atoms with E-state index in [1.54, 1.807) is 0 Å². The Bertz CT molecular complexity index is 878. The number of halogens is 5. The molecule has 0 saturated carbocycles. The Hall–Kier alpha value is -1.97. The second-order valence-corrected chi connectivity index (χ2v) is 7.23. The number of aromatic amines is 1. The van der Waals surface area contributed by atoms with Crippen molar-refractivity contribution in [2.75, 3.05) is 19.6 Å². The van der Waals surface area contributed by atoms with Gasteiger partial charge in [0.15, 0.2) is 6.29 Å². The van der Waals surface area contributed by atoms with Gasteiger partial charge in [-0.1, -0.05) is 6.07 Å². The third-order valence-corrected chi connectivity index (χ3v) is 5.69. The molecular weight excluding hydrogens is 412 g/mol. The first kappa shape index (κ1) is 21.7. The van der Waals surface area contributed by atoms with Gasteiger partial charge in [-0.25, -0.2) is 4.39 Å². The van der Waals surface area contributed by atoms with E-state index in [0.717, 1.165) is 35.7 Å². The van der Waals surface area contributed by atoms with Gasteiger partial charge in [0, 0.05) is 30.8 Å². The average Bonchev–Trinajstić information content (AvgIpc) is 3.10. The van der Waals surface area contributed by atoms with Crippen LogP contribution in [0.2, 0.25) is 0 Å². The molecule has 1 atom stereocenters. The maximum Gasteiger partial charge on any atom is 0.416 e. The number of nitrogens with one attached hydrogen (secondary N) is 2. The molecule has 1 saturated heterocycles. The molecule has 1 aromatic heterocycles. The van der Waals surface area contributed by atoms with E-state index in [-0.39, 0.29) is 24.1 Å². The van der Waals surface area contributed by atoms with Crippen LogP contribution in [0.5, 0.6) is 0 Å². The van der Waals surface area contributed by atoms with Gasteiger partial charge in [-0.3, -0.25) is 20.1 Å². The number of aromatic nitrogens is 2. The highest BCUT2D eigenvalue weighted by atomic mass is 35.5. The fraction of sp³-hybridized carbons (Fsp3) is 0.474. The third-order valence-electron chi connectivity index (χ3n) is 5.69. The SMILES string of the molecule is Cl.O=Cc1n[nH]c2c1CCNC2N1CCC(c2c(F)cccc2C(F)(F)F)CC1. The molecule has 1 unspecified atom stereocenters. The lowest BCUT2D eigenvalue weighted by molar-refractivity contribution is -0.138. The molecule has 2 aliphatic heterocycles. The van der Waals surface area contributed by atoms with E-state index in [0.29, 0.717) is 44.6 Å². The van der Waals surface area contributed by atoms with Gasteiger partial charge >= 0.3 is 6.18 Å². The lowest BCUT2D eigenvalue weighted by Gasteiger charge is -2.39. The summed E-state index contributed by atoms with van der Waals surface area (Å²) in [6.45, 7) is 1.72.